The number of nitrogens with one attached hydrogen (secondary N) is 1. The van der Waals surface area contributed by atoms with Gasteiger partial charge in [0.2, 0.25) is 0 Å². The Morgan fingerprint density at radius 2 is 2.22 bits per heavy atom. The SMILES string of the molecule is C=C(CCNC)C(C)C.[HH]. The van der Waals surface area contributed by atoms with E-state index in [1.165, 1.54) is 5.57 Å². The number of hydrogen-bond acceptors (Lipinski definition) is 1. The maximum absolute atomic E-state index is 3.95. The minimum Gasteiger partial charge on any atom is -0.319 e. The zero-order valence-corrected chi connectivity index (χ0v) is 6.70. The molecule has 0 atom stereocenters. The molecule has 0 fully saturated rings. The monoisotopic (exact) mass is 129 g/mol. The van der Waals surface area contributed by atoms with Crippen LogP contribution in [-0.4, -0.2) is 13.6 Å². The first-order valence-corrected chi connectivity index (χ1v) is 3.50. The Balaban J connectivity index is 0. The van der Waals surface area contributed by atoms with Gasteiger partial charge in [-0.2, -0.15) is 0 Å². The molecule has 0 saturated heterocycles. The standard InChI is InChI=1S/C8H17N.H2/c1-7(2)8(3)5-6-9-4;/h7,9H,3,5-6H2,1-2,4H3;1H. The molecule has 0 rings (SSSR count). The molecule has 0 saturated carbocycles. The van der Waals surface area contributed by atoms with Crippen molar-refractivity contribution in [3.63, 3.8) is 0 Å². The van der Waals surface area contributed by atoms with Gasteiger partial charge in [-0.3, -0.25) is 0 Å². The Morgan fingerprint density at radius 3 is 2.56 bits per heavy atom. The third kappa shape index (κ3) is 4.22. The van der Waals surface area contributed by atoms with E-state index in [0.717, 1.165) is 13.0 Å². The van der Waals surface area contributed by atoms with Crippen LogP contribution in [0.15, 0.2) is 12.2 Å². The van der Waals surface area contributed by atoms with Crippen LogP contribution in [0, 0.1) is 5.92 Å². The predicted molar refractivity (Wildman–Crippen MR) is 44.6 cm³/mol. The molecule has 56 valence electrons. The van der Waals surface area contributed by atoms with Crippen molar-refractivity contribution in [1.29, 1.82) is 0 Å². The zero-order chi connectivity index (χ0) is 7.28. The molecule has 0 spiro atoms. The van der Waals surface area contributed by atoms with Gasteiger partial charge in [-0.15, -0.1) is 0 Å². The summed E-state index contributed by atoms with van der Waals surface area (Å²) < 4.78 is 0. The average Bonchev–Trinajstić information content (AvgIpc) is 1.82. The zero-order valence-electron chi connectivity index (χ0n) is 6.70. The van der Waals surface area contributed by atoms with E-state index in [-0.39, 0.29) is 1.43 Å². The molecule has 1 N–H and O–H groups in total. The summed E-state index contributed by atoms with van der Waals surface area (Å²) in [6, 6.07) is 0. The molecule has 0 aliphatic heterocycles. The highest BCUT2D eigenvalue weighted by Gasteiger charge is 1.97. The fraction of sp³-hybridized carbons (Fsp3) is 0.750. The summed E-state index contributed by atoms with van der Waals surface area (Å²) in [5.74, 6) is 0.637. The van der Waals surface area contributed by atoms with Crippen LogP contribution < -0.4 is 5.32 Å². The van der Waals surface area contributed by atoms with Gasteiger partial charge in [0.1, 0.15) is 0 Å². The quantitative estimate of drug-likeness (QED) is 0.573. The molecule has 1 nitrogen and oxygen atoms in total. The van der Waals surface area contributed by atoms with Crippen LogP contribution in [0.1, 0.15) is 21.7 Å². The third-order valence-electron chi connectivity index (χ3n) is 1.51. The fourth-order valence-corrected chi connectivity index (χ4v) is 0.574. The Kier molecular flexibility index (Phi) is 4.41. The molecular weight excluding hydrogens is 110 g/mol. The normalized spacial score (nSPS) is 10.2. The van der Waals surface area contributed by atoms with Gasteiger partial charge in [0.15, 0.2) is 0 Å². The van der Waals surface area contributed by atoms with E-state index in [1.54, 1.807) is 0 Å². The maximum atomic E-state index is 3.95. The Bertz CT molecular complexity index is 89.3. The van der Waals surface area contributed by atoms with Crippen LogP contribution >= 0.6 is 0 Å². The molecule has 0 heterocycles. The topological polar surface area (TPSA) is 12.0 Å². The smallest absolute Gasteiger partial charge is 0 e. The lowest BCUT2D eigenvalue weighted by molar-refractivity contribution is 0.683. The Morgan fingerprint density at radius 1 is 1.67 bits per heavy atom. The van der Waals surface area contributed by atoms with E-state index in [2.05, 4.69) is 25.7 Å². The molecule has 1 heteroatoms. The molecule has 0 radical (unpaired) electrons. The second-order valence-electron chi connectivity index (χ2n) is 2.67. The molecule has 0 amide bonds. The van der Waals surface area contributed by atoms with Crippen molar-refractivity contribution < 1.29 is 1.43 Å². The molecule has 9 heavy (non-hydrogen) atoms. The summed E-state index contributed by atoms with van der Waals surface area (Å²) in [6.07, 6.45) is 1.11. The highest BCUT2D eigenvalue weighted by molar-refractivity contribution is 4.97. The van der Waals surface area contributed by atoms with E-state index in [0.29, 0.717) is 5.92 Å². The van der Waals surface area contributed by atoms with Crippen molar-refractivity contribution in [3.8, 4) is 0 Å². The van der Waals surface area contributed by atoms with E-state index < -0.39 is 0 Å². The van der Waals surface area contributed by atoms with Gasteiger partial charge in [0.05, 0.1) is 0 Å². The summed E-state index contributed by atoms with van der Waals surface area (Å²) in [4.78, 5) is 0. The van der Waals surface area contributed by atoms with Crippen LogP contribution in [0.25, 0.3) is 0 Å². The lowest BCUT2D eigenvalue weighted by Gasteiger charge is -2.07. The summed E-state index contributed by atoms with van der Waals surface area (Å²) in [6.45, 7) is 9.36. The number of rotatable bonds is 4. The third-order valence-corrected chi connectivity index (χ3v) is 1.51. The van der Waals surface area contributed by atoms with Gasteiger partial charge < -0.3 is 5.32 Å². The second-order valence-corrected chi connectivity index (χ2v) is 2.67. The lowest BCUT2D eigenvalue weighted by Crippen LogP contribution is -2.09. The number of hydrogen-bond donors (Lipinski definition) is 1. The minimum atomic E-state index is 0. The first-order chi connectivity index (χ1) is 4.18. The molecule has 0 aromatic heterocycles. The van der Waals surface area contributed by atoms with Gasteiger partial charge in [-0.25, -0.2) is 0 Å². The van der Waals surface area contributed by atoms with E-state index in [4.69, 9.17) is 0 Å². The van der Waals surface area contributed by atoms with Gasteiger partial charge in [-0.05, 0) is 25.9 Å². The fourth-order valence-electron chi connectivity index (χ4n) is 0.574. The van der Waals surface area contributed by atoms with E-state index >= 15 is 0 Å². The average molecular weight is 129 g/mol. The van der Waals surface area contributed by atoms with Crippen molar-refractivity contribution in [1.82, 2.24) is 5.32 Å². The van der Waals surface area contributed by atoms with Crippen LogP contribution in [0.4, 0.5) is 0 Å². The van der Waals surface area contributed by atoms with Crippen molar-refractivity contribution in [2.24, 2.45) is 5.92 Å². The molecule has 0 bridgehead atoms. The van der Waals surface area contributed by atoms with Crippen LogP contribution in [-0.2, 0) is 0 Å². The lowest BCUT2D eigenvalue weighted by atomic mass is 10.0. The van der Waals surface area contributed by atoms with Crippen molar-refractivity contribution in [3.05, 3.63) is 12.2 Å². The maximum Gasteiger partial charge on any atom is 0 e. The molecule has 0 unspecified atom stereocenters. The van der Waals surface area contributed by atoms with Gasteiger partial charge in [0.25, 0.3) is 0 Å². The largest absolute Gasteiger partial charge is 0.319 e. The van der Waals surface area contributed by atoms with Crippen molar-refractivity contribution in [2.75, 3.05) is 13.6 Å². The Hall–Kier alpha value is -0.300. The van der Waals surface area contributed by atoms with Gasteiger partial charge >= 0.3 is 0 Å². The molecular formula is C8H19N. The van der Waals surface area contributed by atoms with Gasteiger partial charge in [-0.1, -0.05) is 26.0 Å². The second kappa shape index (κ2) is 4.57. The van der Waals surface area contributed by atoms with Crippen LogP contribution in [0.3, 0.4) is 0 Å². The summed E-state index contributed by atoms with van der Waals surface area (Å²) >= 11 is 0. The molecule has 0 aliphatic rings. The summed E-state index contributed by atoms with van der Waals surface area (Å²) in [5, 5.41) is 3.09. The summed E-state index contributed by atoms with van der Waals surface area (Å²) in [5.41, 5.74) is 1.34. The first-order valence-electron chi connectivity index (χ1n) is 3.50. The van der Waals surface area contributed by atoms with Crippen LogP contribution in [0.2, 0.25) is 0 Å². The molecule has 0 aliphatic carbocycles. The van der Waals surface area contributed by atoms with Gasteiger partial charge in [0, 0.05) is 1.43 Å². The molecule has 0 aromatic rings. The molecule has 0 aromatic carbocycles. The van der Waals surface area contributed by atoms with E-state index in [1.807, 2.05) is 7.05 Å². The highest BCUT2D eigenvalue weighted by Crippen LogP contribution is 2.09. The highest BCUT2D eigenvalue weighted by atomic mass is 14.8. The minimum absolute atomic E-state index is 0. The predicted octanol–water partition coefficient (Wildman–Crippen LogP) is 2.05. The Labute approximate surface area is 59.6 Å². The van der Waals surface area contributed by atoms with Crippen LogP contribution in [0.5, 0.6) is 0 Å². The summed E-state index contributed by atoms with van der Waals surface area (Å²) in [7, 11) is 1.97. The van der Waals surface area contributed by atoms with Crippen molar-refractivity contribution >= 4 is 0 Å². The van der Waals surface area contributed by atoms with Crippen molar-refractivity contribution in [2.45, 2.75) is 20.3 Å². The first kappa shape index (κ1) is 8.70. The van der Waals surface area contributed by atoms with E-state index in [9.17, 15) is 0 Å².